The van der Waals surface area contributed by atoms with E-state index >= 15 is 0 Å². The predicted octanol–water partition coefficient (Wildman–Crippen LogP) is 4.37. The second-order valence-corrected chi connectivity index (χ2v) is 6.70. The highest BCUT2D eigenvalue weighted by Crippen LogP contribution is 2.23. The van der Waals surface area contributed by atoms with Crippen molar-refractivity contribution in [3.63, 3.8) is 0 Å². The van der Waals surface area contributed by atoms with Crippen LogP contribution in [0.2, 0.25) is 0 Å². The summed E-state index contributed by atoms with van der Waals surface area (Å²) in [5, 5.41) is 13.9. The predicted molar refractivity (Wildman–Crippen MR) is 112 cm³/mol. The molecule has 0 aliphatic carbocycles. The number of rotatable bonds is 7. The summed E-state index contributed by atoms with van der Waals surface area (Å²) in [5.74, 6) is -1.25. The number of esters is 1. The number of ether oxygens (including phenoxy) is 1. The lowest BCUT2D eigenvalue weighted by Gasteiger charge is -2.18. The lowest BCUT2D eigenvalue weighted by molar-refractivity contribution is -0.385. The Balaban J connectivity index is 1.79. The summed E-state index contributed by atoms with van der Waals surface area (Å²) in [6.45, 7) is 1.93. The lowest BCUT2D eigenvalue weighted by Crippen LogP contribution is -2.26. The maximum atomic E-state index is 12.9. The van der Waals surface area contributed by atoms with Crippen molar-refractivity contribution in [3.8, 4) is 0 Å². The van der Waals surface area contributed by atoms with Crippen molar-refractivity contribution in [1.82, 2.24) is 0 Å². The number of carbonyl (C=O) groups excluding carboxylic acids is 2. The molecule has 3 aromatic rings. The molecule has 152 valence electrons. The highest BCUT2D eigenvalue weighted by molar-refractivity contribution is 5.96. The van der Waals surface area contributed by atoms with Gasteiger partial charge < -0.3 is 10.1 Å². The van der Waals surface area contributed by atoms with Gasteiger partial charge in [-0.1, -0.05) is 66.2 Å². The van der Waals surface area contributed by atoms with Gasteiger partial charge in [0.1, 0.15) is 0 Å². The first-order chi connectivity index (χ1) is 14.4. The van der Waals surface area contributed by atoms with E-state index in [1.807, 2.05) is 19.1 Å². The van der Waals surface area contributed by atoms with Crippen LogP contribution in [0.4, 0.5) is 11.4 Å². The Hall–Kier alpha value is -4.00. The molecule has 0 radical (unpaired) electrons. The van der Waals surface area contributed by atoms with Crippen molar-refractivity contribution in [2.24, 2.45) is 0 Å². The van der Waals surface area contributed by atoms with Gasteiger partial charge in [-0.05, 0) is 19.1 Å². The molecular weight excluding hydrogens is 384 g/mol. The van der Waals surface area contributed by atoms with Gasteiger partial charge in [0, 0.05) is 22.9 Å². The summed E-state index contributed by atoms with van der Waals surface area (Å²) in [6.07, 6.45) is -1.51. The zero-order chi connectivity index (χ0) is 21.5. The second kappa shape index (κ2) is 9.47. The molecule has 7 heteroatoms. The molecule has 0 aliphatic heterocycles. The average molecular weight is 404 g/mol. The number of hydrogen-bond acceptors (Lipinski definition) is 5. The summed E-state index contributed by atoms with van der Waals surface area (Å²) >= 11 is 0. The normalized spacial score (nSPS) is 11.4. The van der Waals surface area contributed by atoms with Gasteiger partial charge in [-0.15, -0.1) is 0 Å². The van der Waals surface area contributed by atoms with Crippen molar-refractivity contribution >= 4 is 23.3 Å². The van der Waals surface area contributed by atoms with Crippen molar-refractivity contribution in [1.29, 1.82) is 0 Å². The molecule has 0 aliphatic rings. The fourth-order valence-corrected chi connectivity index (χ4v) is 2.91. The number of anilines is 1. The number of para-hydroxylation sites is 1. The molecule has 0 heterocycles. The topological polar surface area (TPSA) is 98.5 Å². The number of hydrogen-bond donors (Lipinski definition) is 1. The van der Waals surface area contributed by atoms with Gasteiger partial charge in [-0.2, -0.15) is 0 Å². The molecule has 3 aromatic carbocycles. The van der Waals surface area contributed by atoms with Gasteiger partial charge in [0.05, 0.1) is 11.3 Å². The molecule has 30 heavy (non-hydrogen) atoms. The average Bonchev–Trinajstić information content (AvgIpc) is 2.74. The van der Waals surface area contributed by atoms with Crippen LogP contribution in [0, 0.1) is 17.0 Å². The van der Waals surface area contributed by atoms with Crippen molar-refractivity contribution in [3.05, 3.63) is 106 Å². The third kappa shape index (κ3) is 5.29. The maximum Gasteiger partial charge on any atom is 0.311 e. The van der Waals surface area contributed by atoms with E-state index in [2.05, 4.69) is 5.32 Å². The maximum absolute atomic E-state index is 12.9. The fourth-order valence-electron chi connectivity index (χ4n) is 2.91. The number of aryl methyl sites for hydroxylation is 1. The molecule has 0 unspecified atom stereocenters. The number of carbonyl (C=O) groups is 2. The number of nitro benzene ring substituents is 1. The second-order valence-electron chi connectivity index (χ2n) is 6.70. The van der Waals surface area contributed by atoms with E-state index in [0.717, 1.165) is 5.56 Å². The highest BCUT2D eigenvalue weighted by Gasteiger charge is 2.26. The number of nitro groups is 1. The molecule has 3 rings (SSSR count). The number of nitrogens with zero attached hydrogens (tertiary/aromatic N) is 1. The fraction of sp³-hybridized carbons (Fsp3) is 0.130. The van der Waals surface area contributed by atoms with Gasteiger partial charge in [-0.25, -0.2) is 0 Å². The molecule has 0 saturated heterocycles. The van der Waals surface area contributed by atoms with Gasteiger partial charge in [0.25, 0.3) is 11.6 Å². The monoisotopic (exact) mass is 404 g/mol. The summed E-state index contributed by atoms with van der Waals surface area (Å²) in [5.41, 5.74) is 2.16. The molecule has 0 saturated carbocycles. The van der Waals surface area contributed by atoms with E-state index < -0.39 is 22.9 Å². The summed E-state index contributed by atoms with van der Waals surface area (Å²) in [6, 6.07) is 21.8. The van der Waals surface area contributed by atoms with Crippen LogP contribution in [-0.2, 0) is 20.7 Å². The van der Waals surface area contributed by atoms with Gasteiger partial charge in [0.15, 0.2) is 0 Å². The number of amides is 1. The quantitative estimate of drug-likeness (QED) is 0.358. The van der Waals surface area contributed by atoms with E-state index in [4.69, 9.17) is 4.74 Å². The van der Waals surface area contributed by atoms with Crippen molar-refractivity contribution in [2.45, 2.75) is 19.4 Å². The van der Waals surface area contributed by atoms with Crippen LogP contribution in [0.25, 0.3) is 0 Å². The Morgan fingerprint density at radius 1 is 0.967 bits per heavy atom. The van der Waals surface area contributed by atoms with Crippen LogP contribution in [0.1, 0.15) is 22.8 Å². The molecular formula is C23H20N2O5. The van der Waals surface area contributed by atoms with Gasteiger partial charge >= 0.3 is 5.97 Å². The van der Waals surface area contributed by atoms with E-state index in [1.165, 1.54) is 18.2 Å². The molecule has 0 spiro atoms. The minimum absolute atomic E-state index is 0.171. The van der Waals surface area contributed by atoms with Crippen LogP contribution >= 0.6 is 0 Å². The summed E-state index contributed by atoms with van der Waals surface area (Å²) < 4.78 is 5.46. The van der Waals surface area contributed by atoms with E-state index in [9.17, 15) is 19.7 Å². The molecule has 1 atom stereocenters. The SMILES string of the molecule is Cc1ccc(NC(=O)[C@H](OC(=O)Cc2ccccc2[N+](=O)[O-])c2ccccc2)cc1. The molecule has 0 fully saturated rings. The summed E-state index contributed by atoms with van der Waals surface area (Å²) in [4.78, 5) is 36.0. The van der Waals surface area contributed by atoms with Gasteiger partial charge in [-0.3, -0.25) is 19.7 Å². The minimum atomic E-state index is -1.19. The lowest BCUT2D eigenvalue weighted by atomic mass is 10.1. The standard InChI is InChI=1S/C23H20N2O5/c1-16-11-13-19(14-12-16)24-23(27)22(17-7-3-2-4-8-17)30-21(26)15-18-9-5-6-10-20(18)25(28)29/h2-14,22H,15H2,1H3,(H,24,27)/t22-/m1/s1. The molecule has 0 aromatic heterocycles. The number of benzene rings is 3. The molecule has 0 bridgehead atoms. The Labute approximate surface area is 173 Å². The first-order valence-corrected chi connectivity index (χ1v) is 9.28. The largest absolute Gasteiger partial charge is 0.447 e. The Morgan fingerprint density at radius 3 is 2.27 bits per heavy atom. The van der Waals surface area contributed by atoms with Crippen molar-refractivity contribution < 1.29 is 19.2 Å². The van der Waals surface area contributed by atoms with E-state index in [0.29, 0.717) is 11.3 Å². The zero-order valence-corrected chi connectivity index (χ0v) is 16.3. The van der Waals surface area contributed by atoms with Crippen LogP contribution in [0.15, 0.2) is 78.9 Å². The Bertz CT molecular complexity index is 1050. The van der Waals surface area contributed by atoms with E-state index in [-0.39, 0.29) is 17.7 Å². The first kappa shape index (κ1) is 20.7. The Morgan fingerprint density at radius 2 is 1.60 bits per heavy atom. The van der Waals surface area contributed by atoms with Crippen LogP contribution in [-0.4, -0.2) is 16.8 Å². The van der Waals surface area contributed by atoms with Crippen LogP contribution in [0.5, 0.6) is 0 Å². The highest BCUT2D eigenvalue weighted by atomic mass is 16.6. The summed E-state index contributed by atoms with van der Waals surface area (Å²) in [7, 11) is 0. The van der Waals surface area contributed by atoms with Crippen molar-refractivity contribution in [2.75, 3.05) is 5.32 Å². The Kier molecular flexibility index (Phi) is 6.54. The minimum Gasteiger partial charge on any atom is -0.447 e. The third-order valence-corrected chi connectivity index (χ3v) is 4.43. The van der Waals surface area contributed by atoms with Crippen LogP contribution < -0.4 is 5.32 Å². The van der Waals surface area contributed by atoms with Gasteiger partial charge in [0.2, 0.25) is 6.10 Å². The van der Waals surface area contributed by atoms with Crippen LogP contribution in [0.3, 0.4) is 0 Å². The smallest absolute Gasteiger partial charge is 0.311 e. The third-order valence-electron chi connectivity index (χ3n) is 4.43. The van der Waals surface area contributed by atoms with E-state index in [1.54, 1.807) is 48.5 Å². The molecule has 7 nitrogen and oxygen atoms in total. The number of nitrogens with one attached hydrogen (secondary N) is 1. The molecule has 1 N–H and O–H groups in total. The first-order valence-electron chi connectivity index (χ1n) is 9.28. The molecule has 1 amide bonds. The zero-order valence-electron chi connectivity index (χ0n) is 16.3.